The molecule has 1 atom stereocenters. The van der Waals surface area contributed by atoms with E-state index in [-0.39, 0.29) is 5.92 Å². The molecule has 0 amide bonds. The lowest BCUT2D eigenvalue weighted by Gasteiger charge is -2.21. The fraction of sp³-hybridized carbons (Fsp3) is 0.941. The lowest BCUT2D eigenvalue weighted by Crippen LogP contribution is -2.26. The second-order valence-electron chi connectivity index (χ2n) is 6.09. The summed E-state index contributed by atoms with van der Waals surface area (Å²) in [5.74, 6) is 1.25. The third kappa shape index (κ3) is 6.56. The Morgan fingerprint density at radius 1 is 1.11 bits per heavy atom. The van der Waals surface area contributed by atoms with E-state index < -0.39 is 0 Å². The van der Waals surface area contributed by atoms with E-state index in [4.69, 9.17) is 4.74 Å². The second kappa shape index (κ2) is 10.4. The molecule has 1 rings (SSSR count). The molecule has 1 fully saturated rings. The van der Waals surface area contributed by atoms with Crippen molar-refractivity contribution in [3.8, 4) is 0 Å². The third-order valence-corrected chi connectivity index (χ3v) is 4.51. The number of hydrogen-bond acceptors (Lipinski definition) is 2. The molecule has 0 aromatic rings. The number of ether oxygens (including phenoxy) is 1. The van der Waals surface area contributed by atoms with Crippen molar-refractivity contribution in [1.82, 2.24) is 0 Å². The maximum Gasteiger partial charge on any atom is 0.138 e. The van der Waals surface area contributed by atoms with Gasteiger partial charge in [0, 0.05) is 19.4 Å². The molecule has 1 saturated carbocycles. The third-order valence-electron chi connectivity index (χ3n) is 4.51. The predicted octanol–water partition coefficient (Wildman–Crippen LogP) is 4.76. The van der Waals surface area contributed by atoms with Crippen molar-refractivity contribution in [2.24, 2.45) is 11.8 Å². The molecule has 0 radical (unpaired) electrons. The highest BCUT2D eigenvalue weighted by Crippen LogP contribution is 2.33. The van der Waals surface area contributed by atoms with Crippen molar-refractivity contribution in [2.45, 2.75) is 77.6 Å². The van der Waals surface area contributed by atoms with Gasteiger partial charge in [-0.1, -0.05) is 51.9 Å². The number of rotatable bonds is 11. The average molecular weight is 268 g/mol. The number of carbonyl (C=O) groups excluding carboxylic acids is 1. The molecule has 0 bridgehead atoms. The zero-order valence-corrected chi connectivity index (χ0v) is 13.0. The molecule has 0 aromatic carbocycles. The molecule has 0 spiro atoms. The summed E-state index contributed by atoms with van der Waals surface area (Å²) in [6.45, 7) is 2.87. The molecular weight excluding hydrogens is 236 g/mol. The van der Waals surface area contributed by atoms with Gasteiger partial charge < -0.3 is 4.74 Å². The van der Waals surface area contributed by atoms with E-state index in [1.807, 2.05) is 0 Å². The van der Waals surface area contributed by atoms with Gasteiger partial charge in [-0.2, -0.15) is 0 Å². The average Bonchev–Trinajstić information content (AvgIpc) is 2.93. The minimum atomic E-state index is 0.183. The molecule has 0 aromatic heterocycles. The normalized spacial score (nSPS) is 17.8. The number of hydrogen-bond donors (Lipinski definition) is 0. The summed E-state index contributed by atoms with van der Waals surface area (Å²) in [6, 6.07) is 0. The molecule has 1 aliphatic carbocycles. The molecular formula is C17H32O2. The highest BCUT2D eigenvalue weighted by Gasteiger charge is 2.29. The maximum absolute atomic E-state index is 12.3. The van der Waals surface area contributed by atoms with Crippen molar-refractivity contribution in [3.05, 3.63) is 0 Å². The Kier molecular flexibility index (Phi) is 9.15. The van der Waals surface area contributed by atoms with E-state index in [2.05, 4.69) is 6.92 Å². The van der Waals surface area contributed by atoms with Gasteiger partial charge >= 0.3 is 0 Å². The van der Waals surface area contributed by atoms with Gasteiger partial charge in [-0.15, -0.1) is 0 Å². The first-order valence-electron chi connectivity index (χ1n) is 8.31. The summed E-state index contributed by atoms with van der Waals surface area (Å²) < 4.78 is 5.28. The Labute approximate surface area is 119 Å². The summed E-state index contributed by atoms with van der Waals surface area (Å²) >= 11 is 0. The monoisotopic (exact) mass is 268 g/mol. The van der Waals surface area contributed by atoms with Crippen LogP contribution in [-0.2, 0) is 9.53 Å². The van der Waals surface area contributed by atoms with Crippen molar-refractivity contribution >= 4 is 5.78 Å². The van der Waals surface area contributed by atoms with E-state index >= 15 is 0 Å². The zero-order valence-electron chi connectivity index (χ0n) is 13.0. The SMILES string of the molecule is CCCCCCCCC(=O)C(COC)C1CCCC1. The topological polar surface area (TPSA) is 26.3 Å². The molecule has 0 N–H and O–H groups in total. The van der Waals surface area contributed by atoms with Gasteiger partial charge in [-0.3, -0.25) is 4.79 Å². The van der Waals surface area contributed by atoms with Crippen LogP contribution in [0.1, 0.15) is 77.6 Å². The van der Waals surface area contributed by atoms with Crippen molar-refractivity contribution in [1.29, 1.82) is 0 Å². The van der Waals surface area contributed by atoms with E-state index in [1.54, 1.807) is 7.11 Å². The Bertz CT molecular complexity index is 231. The predicted molar refractivity (Wildman–Crippen MR) is 80.3 cm³/mol. The maximum atomic E-state index is 12.3. The Morgan fingerprint density at radius 2 is 1.74 bits per heavy atom. The van der Waals surface area contributed by atoms with E-state index in [0.29, 0.717) is 18.3 Å². The van der Waals surface area contributed by atoms with Crippen LogP contribution in [0.3, 0.4) is 0 Å². The molecule has 112 valence electrons. The molecule has 0 saturated heterocycles. The smallest absolute Gasteiger partial charge is 0.138 e. The van der Waals surface area contributed by atoms with Gasteiger partial charge in [-0.05, 0) is 25.2 Å². The van der Waals surface area contributed by atoms with Gasteiger partial charge in [0.05, 0.1) is 6.61 Å². The Balaban J connectivity index is 2.20. The highest BCUT2D eigenvalue weighted by molar-refractivity contribution is 5.81. The summed E-state index contributed by atoms with van der Waals surface area (Å²) in [5.41, 5.74) is 0. The number of carbonyl (C=O) groups is 1. The number of unbranched alkanes of at least 4 members (excludes halogenated alkanes) is 5. The number of ketones is 1. The van der Waals surface area contributed by atoms with Gasteiger partial charge in [0.2, 0.25) is 0 Å². The summed E-state index contributed by atoms with van der Waals surface area (Å²) in [5, 5.41) is 0. The van der Waals surface area contributed by atoms with Gasteiger partial charge in [0.15, 0.2) is 0 Å². The van der Waals surface area contributed by atoms with E-state index in [9.17, 15) is 4.79 Å². The molecule has 1 aliphatic rings. The van der Waals surface area contributed by atoms with Crippen LogP contribution in [0.5, 0.6) is 0 Å². The van der Waals surface area contributed by atoms with Crippen LogP contribution in [0.25, 0.3) is 0 Å². The largest absolute Gasteiger partial charge is 0.384 e. The standard InChI is InChI=1S/C17H32O2/c1-3-4-5-6-7-8-13-17(18)16(14-19-2)15-11-9-10-12-15/h15-16H,3-14H2,1-2H3. The van der Waals surface area contributed by atoms with Gasteiger partial charge in [-0.25, -0.2) is 0 Å². The summed E-state index contributed by atoms with van der Waals surface area (Å²) in [4.78, 5) is 12.3. The Morgan fingerprint density at radius 3 is 2.37 bits per heavy atom. The van der Waals surface area contributed by atoms with Crippen molar-refractivity contribution in [3.63, 3.8) is 0 Å². The molecule has 19 heavy (non-hydrogen) atoms. The lowest BCUT2D eigenvalue weighted by atomic mass is 9.86. The number of Topliss-reactive ketones (excluding diaryl/α,β-unsaturated/α-hetero) is 1. The lowest BCUT2D eigenvalue weighted by molar-refractivity contribution is -0.126. The first-order valence-corrected chi connectivity index (χ1v) is 8.31. The van der Waals surface area contributed by atoms with Crippen LogP contribution in [0.15, 0.2) is 0 Å². The number of methoxy groups -OCH3 is 1. The minimum absolute atomic E-state index is 0.183. The molecule has 2 heteroatoms. The first-order chi connectivity index (χ1) is 9.29. The van der Waals surface area contributed by atoms with Crippen LogP contribution in [-0.4, -0.2) is 19.5 Å². The van der Waals surface area contributed by atoms with Crippen LogP contribution in [0.2, 0.25) is 0 Å². The quantitative estimate of drug-likeness (QED) is 0.505. The van der Waals surface area contributed by atoms with E-state index in [1.165, 1.54) is 57.8 Å². The van der Waals surface area contributed by atoms with E-state index in [0.717, 1.165) is 12.8 Å². The molecule has 0 heterocycles. The van der Waals surface area contributed by atoms with Crippen molar-refractivity contribution in [2.75, 3.05) is 13.7 Å². The summed E-state index contributed by atoms with van der Waals surface area (Å²) in [7, 11) is 1.72. The Hall–Kier alpha value is -0.370. The minimum Gasteiger partial charge on any atom is -0.384 e. The van der Waals surface area contributed by atoms with Crippen LogP contribution in [0, 0.1) is 11.8 Å². The molecule has 2 nitrogen and oxygen atoms in total. The van der Waals surface area contributed by atoms with Crippen LogP contribution < -0.4 is 0 Å². The molecule has 1 unspecified atom stereocenters. The first kappa shape index (κ1) is 16.7. The van der Waals surface area contributed by atoms with Gasteiger partial charge in [0.1, 0.15) is 5.78 Å². The van der Waals surface area contributed by atoms with Crippen LogP contribution in [0.4, 0.5) is 0 Å². The fourth-order valence-electron chi connectivity index (χ4n) is 3.30. The fourth-order valence-corrected chi connectivity index (χ4v) is 3.30. The van der Waals surface area contributed by atoms with Gasteiger partial charge in [0.25, 0.3) is 0 Å². The van der Waals surface area contributed by atoms with Crippen LogP contribution >= 0.6 is 0 Å². The molecule has 0 aliphatic heterocycles. The zero-order chi connectivity index (χ0) is 13.9. The highest BCUT2D eigenvalue weighted by atomic mass is 16.5. The second-order valence-corrected chi connectivity index (χ2v) is 6.09. The van der Waals surface area contributed by atoms with Crippen molar-refractivity contribution < 1.29 is 9.53 Å². The summed E-state index contributed by atoms with van der Waals surface area (Å²) in [6.07, 6.45) is 13.4.